The normalized spacial score (nSPS) is 12.3. The van der Waals surface area contributed by atoms with Crippen molar-refractivity contribution in [2.75, 3.05) is 27.2 Å². The molecule has 0 aliphatic heterocycles. The fourth-order valence-electron chi connectivity index (χ4n) is 5.10. The first-order valence-electron chi connectivity index (χ1n) is 15.6. The SMILES string of the molecule is CCCCCCCCCCCCCCc1cccc(OC(C)CCOC(=O)C[N+](C)(C)Cc2ccccc2)c1. The van der Waals surface area contributed by atoms with Crippen LogP contribution in [0.3, 0.4) is 0 Å². The van der Waals surface area contributed by atoms with Gasteiger partial charge in [0.05, 0.1) is 26.8 Å². The lowest BCUT2D eigenvalue weighted by Crippen LogP contribution is -2.43. The number of hydrogen-bond acceptors (Lipinski definition) is 3. The zero-order valence-electron chi connectivity index (χ0n) is 25.5. The molecule has 0 heterocycles. The number of carbonyl (C=O) groups excluding carboxylic acids is 1. The largest absolute Gasteiger partial charge is 0.491 e. The van der Waals surface area contributed by atoms with Crippen molar-refractivity contribution in [3.63, 3.8) is 0 Å². The van der Waals surface area contributed by atoms with Gasteiger partial charge in [-0.05, 0) is 37.5 Å². The maximum Gasteiger partial charge on any atom is 0.361 e. The van der Waals surface area contributed by atoms with E-state index >= 15 is 0 Å². The minimum absolute atomic E-state index is 0.00786. The third kappa shape index (κ3) is 16.4. The first-order valence-corrected chi connectivity index (χ1v) is 15.6. The van der Waals surface area contributed by atoms with Gasteiger partial charge in [-0.25, -0.2) is 4.79 Å². The highest BCUT2D eigenvalue weighted by Crippen LogP contribution is 2.19. The third-order valence-electron chi connectivity index (χ3n) is 7.35. The second kappa shape index (κ2) is 19.7. The smallest absolute Gasteiger partial charge is 0.361 e. The van der Waals surface area contributed by atoms with Gasteiger partial charge in [0.15, 0.2) is 6.54 Å². The van der Waals surface area contributed by atoms with Crippen molar-refractivity contribution >= 4 is 5.97 Å². The number of carbonyl (C=O) groups is 1. The van der Waals surface area contributed by atoms with Gasteiger partial charge in [-0.2, -0.15) is 0 Å². The maximum absolute atomic E-state index is 12.4. The summed E-state index contributed by atoms with van der Waals surface area (Å²) in [5.41, 5.74) is 2.56. The number of hydrogen-bond donors (Lipinski definition) is 0. The van der Waals surface area contributed by atoms with Gasteiger partial charge in [0.1, 0.15) is 12.3 Å². The molecule has 2 aromatic carbocycles. The summed E-state index contributed by atoms with van der Waals surface area (Å²) in [5.74, 6) is 0.749. The monoisotopic (exact) mass is 538 g/mol. The molecule has 4 nitrogen and oxygen atoms in total. The summed E-state index contributed by atoms with van der Waals surface area (Å²) < 4.78 is 12.2. The Labute approximate surface area is 239 Å². The van der Waals surface area contributed by atoms with E-state index in [1.807, 2.05) is 31.2 Å². The molecule has 2 aromatic rings. The Balaban J connectivity index is 1.55. The number of unbranched alkanes of at least 4 members (excludes halogenated alkanes) is 11. The number of nitrogens with zero attached hydrogens (tertiary/aromatic N) is 1. The first kappa shape index (κ1) is 32.9. The molecule has 0 fully saturated rings. The van der Waals surface area contributed by atoms with E-state index in [0.717, 1.165) is 18.7 Å². The zero-order chi connectivity index (χ0) is 28.2. The van der Waals surface area contributed by atoms with E-state index < -0.39 is 0 Å². The summed E-state index contributed by atoms with van der Waals surface area (Å²) in [6.07, 6.45) is 18.3. The van der Waals surface area contributed by atoms with E-state index in [-0.39, 0.29) is 12.1 Å². The molecule has 0 spiro atoms. The van der Waals surface area contributed by atoms with Crippen LogP contribution in [-0.4, -0.2) is 43.8 Å². The van der Waals surface area contributed by atoms with E-state index in [1.165, 1.54) is 88.2 Å². The predicted octanol–water partition coefficient (Wildman–Crippen LogP) is 8.91. The molecule has 0 saturated heterocycles. The zero-order valence-corrected chi connectivity index (χ0v) is 25.5. The van der Waals surface area contributed by atoms with E-state index in [9.17, 15) is 4.79 Å². The summed E-state index contributed by atoms with van der Waals surface area (Å²) >= 11 is 0. The first-order chi connectivity index (χ1) is 18.9. The number of esters is 1. The van der Waals surface area contributed by atoms with Gasteiger partial charge in [-0.3, -0.25) is 0 Å². The van der Waals surface area contributed by atoms with E-state index in [2.05, 4.69) is 51.4 Å². The van der Waals surface area contributed by atoms with Crippen molar-refractivity contribution in [1.82, 2.24) is 0 Å². The van der Waals surface area contributed by atoms with Crippen LogP contribution in [0.25, 0.3) is 0 Å². The molecule has 0 radical (unpaired) electrons. The highest BCUT2D eigenvalue weighted by molar-refractivity contribution is 5.70. The van der Waals surface area contributed by atoms with Crippen molar-refractivity contribution in [2.45, 2.75) is 116 Å². The average Bonchev–Trinajstić information content (AvgIpc) is 2.89. The molecule has 1 unspecified atom stereocenters. The molecule has 0 aliphatic carbocycles. The Morgan fingerprint density at radius 2 is 1.36 bits per heavy atom. The Morgan fingerprint density at radius 1 is 0.769 bits per heavy atom. The fraction of sp³-hybridized carbons (Fsp3) is 0.629. The summed E-state index contributed by atoms with van der Waals surface area (Å²) in [4.78, 5) is 12.4. The van der Waals surface area contributed by atoms with Gasteiger partial charge in [0, 0.05) is 12.0 Å². The number of likely N-dealkylation sites (N-methyl/N-ethyl adjacent to an activating group) is 1. The molecule has 0 amide bonds. The van der Waals surface area contributed by atoms with Crippen molar-refractivity contribution in [3.05, 3.63) is 65.7 Å². The van der Waals surface area contributed by atoms with Crippen LogP contribution in [0.5, 0.6) is 5.75 Å². The van der Waals surface area contributed by atoms with Crippen LogP contribution in [-0.2, 0) is 22.5 Å². The minimum Gasteiger partial charge on any atom is -0.491 e. The predicted molar refractivity (Wildman–Crippen MR) is 164 cm³/mol. The van der Waals surface area contributed by atoms with Crippen LogP contribution in [0, 0.1) is 0 Å². The topological polar surface area (TPSA) is 35.5 Å². The molecule has 4 heteroatoms. The lowest BCUT2D eigenvalue weighted by atomic mass is 10.0. The highest BCUT2D eigenvalue weighted by atomic mass is 16.5. The van der Waals surface area contributed by atoms with Crippen molar-refractivity contribution in [3.8, 4) is 5.75 Å². The Hall–Kier alpha value is -2.33. The Morgan fingerprint density at radius 3 is 2.00 bits per heavy atom. The second-order valence-corrected chi connectivity index (χ2v) is 12.0. The second-order valence-electron chi connectivity index (χ2n) is 12.0. The quantitative estimate of drug-likeness (QED) is 0.0853. The van der Waals surface area contributed by atoms with E-state index in [4.69, 9.17) is 9.47 Å². The molecule has 0 N–H and O–H groups in total. The Kier molecular flexibility index (Phi) is 16.6. The van der Waals surface area contributed by atoms with Gasteiger partial charge >= 0.3 is 5.97 Å². The highest BCUT2D eigenvalue weighted by Gasteiger charge is 2.22. The van der Waals surface area contributed by atoms with Crippen molar-refractivity contribution < 1.29 is 18.8 Å². The molecule has 218 valence electrons. The van der Waals surface area contributed by atoms with Gasteiger partial charge in [0.25, 0.3) is 0 Å². The van der Waals surface area contributed by atoms with Crippen LogP contribution in [0.15, 0.2) is 54.6 Å². The number of rotatable bonds is 22. The van der Waals surface area contributed by atoms with Gasteiger partial charge < -0.3 is 14.0 Å². The molecular formula is C35H56NO3+. The average molecular weight is 539 g/mol. The molecule has 0 bridgehead atoms. The van der Waals surface area contributed by atoms with Crippen LogP contribution < -0.4 is 4.74 Å². The summed E-state index contributed by atoms with van der Waals surface area (Å²) in [7, 11) is 4.12. The summed E-state index contributed by atoms with van der Waals surface area (Å²) in [6.45, 7) is 5.85. The van der Waals surface area contributed by atoms with Crippen LogP contribution >= 0.6 is 0 Å². The van der Waals surface area contributed by atoms with Crippen LogP contribution in [0.2, 0.25) is 0 Å². The van der Waals surface area contributed by atoms with Crippen molar-refractivity contribution in [1.29, 1.82) is 0 Å². The van der Waals surface area contributed by atoms with Gasteiger partial charge in [0.2, 0.25) is 0 Å². The lowest BCUT2D eigenvalue weighted by molar-refractivity contribution is -0.896. The standard InChI is InChI=1S/C35H56NO3/c1-5-6-7-8-9-10-11-12-13-14-15-17-21-32-24-20-25-34(28-32)39-31(2)26-27-38-35(37)30-36(3,4)29-33-22-18-16-19-23-33/h16,18-20,22-25,28,31H,5-15,17,21,26-27,29-30H2,1-4H3/q+1. The molecule has 0 aliphatic rings. The van der Waals surface area contributed by atoms with Crippen LogP contribution in [0.1, 0.15) is 108 Å². The third-order valence-corrected chi connectivity index (χ3v) is 7.35. The number of ether oxygens (including phenoxy) is 2. The number of quaternary nitrogens is 1. The van der Waals surface area contributed by atoms with Crippen molar-refractivity contribution in [2.24, 2.45) is 0 Å². The minimum atomic E-state index is -0.160. The molecular weight excluding hydrogens is 482 g/mol. The maximum atomic E-state index is 12.4. The summed E-state index contributed by atoms with van der Waals surface area (Å²) in [5, 5.41) is 0. The molecule has 0 aromatic heterocycles. The fourth-order valence-corrected chi connectivity index (χ4v) is 5.10. The molecule has 2 rings (SSSR count). The summed E-state index contributed by atoms with van der Waals surface area (Å²) in [6, 6.07) is 18.8. The van der Waals surface area contributed by atoms with E-state index in [0.29, 0.717) is 24.1 Å². The number of benzene rings is 2. The Bertz CT molecular complexity index is 896. The van der Waals surface area contributed by atoms with E-state index in [1.54, 1.807) is 0 Å². The van der Waals surface area contributed by atoms with Gasteiger partial charge in [-0.1, -0.05) is 120 Å². The lowest BCUT2D eigenvalue weighted by Gasteiger charge is -2.28. The molecule has 39 heavy (non-hydrogen) atoms. The number of aryl methyl sites for hydroxylation is 1. The van der Waals surface area contributed by atoms with Gasteiger partial charge in [-0.15, -0.1) is 0 Å². The molecule has 0 saturated carbocycles. The molecule has 1 atom stereocenters. The van der Waals surface area contributed by atoms with Crippen LogP contribution in [0.4, 0.5) is 0 Å².